The van der Waals surface area contributed by atoms with Gasteiger partial charge in [-0.15, -0.1) is 0 Å². The quantitative estimate of drug-likeness (QED) is 0.759. The van der Waals surface area contributed by atoms with Crippen LogP contribution in [0.2, 0.25) is 0 Å². The number of ether oxygens (including phenoxy) is 2. The molecule has 1 atom stereocenters. The molecule has 1 unspecified atom stereocenters. The van der Waals surface area contributed by atoms with Crippen molar-refractivity contribution in [3.63, 3.8) is 0 Å². The first-order valence-electron chi connectivity index (χ1n) is 6.41. The summed E-state index contributed by atoms with van der Waals surface area (Å²) in [6, 6.07) is 0.109. The SMILES string of the molecule is CC(C)NC(=O)OC1COC2(CCNCC2)C1. The van der Waals surface area contributed by atoms with Crippen molar-refractivity contribution in [2.75, 3.05) is 19.7 Å². The van der Waals surface area contributed by atoms with Crippen LogP contribution in [0.5, 0.6) is 0 Å². The number of hydrogen-bond acceptors (Lipinski definition) is 4. The van der Waals surface area contributed by atoms with E-state index < -0.39 is 0 Å². The molecule has 0 aromatic carbocycles. The molecule has 1 spiro atoms. The minimum atomic E-state index is -0.334. The summed E-state index contributed by atoms with van der Waals surface area (Å²) in [5.74, 6) is 0. The first kappa shape index (κ1) is 12.6. The lowest BCUT2D eigenvalue weighted by molar-refractivity contribution is -0.0213. The third-order valence-electron chi connectivity index (χ3n) is 3.37. The number of amides is 1. The third-order valence-corrected chi connectivity index (χ3v) is 3.37. The summed E-state index contributed by atoms with van der Waals surface area (Å²) < 4.78 is 11.2. The molecule has 0 bridgehead atoms. The molecule has 0 radical (unpaired) electrons. The van der Waals surface area contributed by atoms with Crippen LogP contribution in [0.1, 0.15) is 33.1 Å². The maximum atomic E-state index is 11.5. The minimum absolute atomic E-state index is 0.0476. The maximum absolute atomic E-state index is 11.5. The molecule has 2 N–H and O–H groups in total. The van der Waals surface area contributed by atoms with Crippen molar-refractivity contribution in [2.24, 2.45) is 0 Å². The van der Waals surface area contributed by atoms with E-state index in [-0.39, 0.29) is 23.8 Å². The molecular formula is C12H22N2O3. The van der Waals surface area contributed by atoms with Gasteiger partial charge >= 0.3 is 6.09 Å². The van der Waals surface area contributed by atoms with Gasteiger partial charge in [-0.1, -0.05) is 0 Å². The molecule has 2 fully saturated rings. The average molecular weight is 242 g/mol. The zero-order valence-electron chi connectivity index (χ0n) is 10.6. The van der Waals surface area contributed by atoms with E-state index in [0.717, 1.165) is 32.4 Å². The fourth-order valence-electron chi connectivity index (χ4n) is 2.53. The van der Waals surface area contributed by atoms with Gasteiger partial charge in [-0.2, -0.15) is 0 Å². The van der Waals surface area contributed by atoms with Crippen LogP contribution < -0.4 is 10.6 Å². The number of carbonyl (C=O) groups is 1. The van der Waals surface area contributed by atoms with E-state index in [1.165, 1.54) is 0 Å². The molecule has 2 heterocycles. The van der Waals surface area contributed by atoms with Crippen molar-refractivity contribution < 1.29 is 14.3 Å². The number of rotatable bonds is 2. The molecule has 5 nitrogen and oxygen atoms in total. The van der Waals surface area contributed by atoms with Gasteiger partial charge in [-0.25, -0.2) is 4.79 Å². The van der Waals surface area contributed by atoms with E-state index in [2.05, 4.69) is 10.6 Å². The molecule has 1 amide bonds. The Balaban J connectivity index is 1.79. The Hall–Kier alpha value is -0.810. The van der Waals surface area contributed by atoms with E-state index in [4.69, 9.17) is 9.47 Å². The standard InChI is InChI=1S/C12H22N2O3/c1-9(2)14-11(15)17-10-7-12(16-8-10)3-5-13-6-4-12/h9-10,13H,3-8H2,1-2H3,(H,14,15). The van der Waals surface area contributed by atoms with Gasteiger partial charge in [0, 0.05) is 12.5 Å². The van der Waals surface area contributed by atoms with Crippen molar-refractivity contribution in [3.8, 4) is 0 Å². The highest BCUT2D eigenvalue weighted by atomic mass is 16.6. The summed E-state index contributed by atoms with van der Waals surface area (Å²) >= 11 is 0. The first-order chi connectivity index (χ1) is 8.10. The van der Waals surface area contributed by atoms with E-state index in [1.54, 1.807) is 0 Å². The number of piperidine rings is 1. The van der Waals surface area contributed by atoms with Crippen molar-refractivity contribution in [2.45, 2.75) is 50.9 Å². The number of hydrogen-bond donors (Lipinski definition) is 2. The van der Waals surface area contributed by atoms with Crippen LogP contribution >= 0.6 is 0 Å². The van der Waals surface area contributed by atoms with Gasteiger partial charge in [-0.3, -0.25) is 0 Å². The van der Waals surface area contributed by atoms with Crippen LogP contribution in [0, 0.1) is 0 Å². The van der Waals surface area contributed by atoms with Gasteiger partial charge in [0.2, 0.25) is 0 Å². The highest BCUT2D eigenvalue weighted by Gasteiger charge is 2.42. The molecule has 0 aromatic rings. The lowest BCUT2D eigenvalue weighted by atomic mass is 9.89. The Morgan fingerprint density at radius 2 is 2.18 bits per heavy atom. The predicted molar refractivity (Wildman–Crippen MR) is 63.9 cm³/mol. The monoisotopic (exact) mass is 242 g/mol. The fourth-order valence-corrected chi connectivity index (χ4v) is 2.53. The molecule has 17 heavy (non-hydrogen) atoms. The Bertz CT molecular complexity index is 275. The molecule has 2 rings (SSSR count). The van der Waals surface area contributed by atoms with Crippen molar-refractivity contribution >= 4 is 6.09 Å². The molecule has 2 aliphatic rings. The molecule has 0 aliphatic carbocycles. The molecule has 2 saturated heterocycles. The number of carbonyl (C=O) groups excluding carboxylic acids is 1. The summed E-state index contributed by atoms with van der Waals surface area (Å²) in [7, 11) is 0. The minimum Gasteiger partial charge on any atom is -0.444 e. The summed E-state index contributed by atoms with van der Waals surface area (Å²) in [5.41, 5.74) is -0.0476. The molecule has 2 aliphatic heterocycles. The van der Waals surface area contributed by atoms with Crippen molar-refractivity contribution in [1.29, 1.82) is 0 Å². The molecule has 0 saturated carbocycles. The van der Waals surface area contributed by atoms with Gasteiger partial charge in [0.05, 0.1) is 12.2 Å². The lowest BCUT2D eigenvalue weighted by Crippen LogP contribution is -2.42. The Morgan fingerprint density at radius 1 is 1.47 bits per heavy atom. The zero-order valence-corrected chi connectivity index (χ0v) is 10.6. The van der Waals surface area contributed by atoms with Gasteiger partial charge < -0.3 is 20.1 Å². The predicted octanol–water partition coefficient (Wildman–Crippen LogP) is 1.03. The highest BCUT2D eigenvalue weighted by molar-refractivity contribution is 5.67. The molecule has 0 aromatic heterocycles. The van der Waals surface area contributed by atoms with Crippen molar-refractivity contribution in [1.82, 2.24) is 10.6 Å². The number of alkyl carbamates (subject to hydrolysis) is 1. The maximum Gasteiger partial charge on any atom is 0.407 e. The second-order valence-electron chi connectivity index (χ2n) is 5.27. The summed E-state index contributed by atoms with van der Waals surface area (Å²) in [4.78, 5) is 11.5. The lowest BCUT2D eigenvalue weighted by Gasteiger charge is -2.32. The Labute approximate surface area is 102 Å². The van der Waals surface area contributed by atoms with Gasteiger partial charge in [0.1, 0.15) is 6.10 Å². The normalized spacial score (nSPS) is 27.4. The topological polar surface area (TPSA) is 59.6 Å². The molecule has 5 heteroatoms. The zero-order chi connectivity index (χ0) is 12.3. The largest absolute Gasteiger partial charge is 0.444 e. The van der Waals surface area contributed by atoms with Crippen LogP contribution in [0.25, 0.3) is 0 Å². The fraction of sp³-hybridized carbons (Fsp3) is 0.917. The van der Waals surface area contributed by atoms with Crippen LogP contribution in [0.3, 0.4) is 0 Å². The van der Waals surface area contributed by atoms with Gasteiger partial charge in [-0.05, 0) is 39.8 Å². The van der Waals surface area contributed by atoms with Crippen molar-refractivity contribution in [3.05, 3.63) is 0 Å². The smallest absolute Gasteiger partial charge is 0.407 e. The van der Waals surface area contributed by atoms with Gasteiger partial charge in [0.15, 0.2) is 0 Å². The first-order valence-corrected chi connectivity index (χ1v) is 6.41. The second-order valence-corrected chi connectivity index (χ2v) is 5.27. The Kier molecular flexibility index (Phi) is 3.89. The van der Waals surface area contributed by atoms with Crippen LogP contribution in [0.4, 0.5) is 4.79 Å². The van der Waals surface area contributed by atoms with E-state index in [0.29, 0.717) is 6.61 Å². The van der Waals surface area contributed by atoms with E-state index >= 15 is 0 Å². The second kappa shape index (κ2) is 5.23. The van der Waals surface area contributed by atoms with E-state index in [1.807, 2.05) is 13.8 Å². The average Bonchev–Trinajstić information content (AvgIpc) is 2.61. The van der Waals surface area contributed by atoms with Gasteiger partial charge in [0.25, 0.3) is 0 Å². The van der Waals surface area contributed by atoms with Crippen LogP contribution in [-0.2, 0) is 9.47 Å². The van der Waals surface area contributed by atoms with E-state index in [9.17, 15) is 4.79 Å². The third kappa shape index (κ3) is 3.33. The van der Waals surface area contributed by atoms with Crippen LogP contribution in [0.15, 0.2) is 0 Å². The molecular weight excluding hydrogens is 220 g/mol. The summed E-state index contributed by atoms with van der Waals surface area (Å²) in [6.07, 6.45) is 2.43. The highest BCUT2D eigenvalue weighted by Crippen LogP contribution is 2.35. The Morgan fingerprint density at radius 3 is 2.82 bits per heavy atom. The van der Waals surface area contributed by atoms with Crippen LogP contribution in [-0.4, -0.2) is 43.5 Å². The number of nitrogens with one attached hydrogen (secondary N) is 2. The summed E-state index contributed by atoms with van der Waals surface area (Å²) in [6.45, 7) is 6.35. The molecule has 98 valence electrons. The summed E-state index contributed by atoms with van der Waals surface area (Å²) in [5, 5.41) is 6.05.